The second-order valence-corrected chi connectivity index (χ2v) is 4.82. The number of esters is 1. The fourth-order valence-corrected chi connectivity index (χ4v) is 2.24. The van der Waals surface area contributed by atoms with Gasteiger partial charge >= 0.3 is 5.97 Å². The van der Waals surface area contributed by atoms with E-state index < -0.39 is 0 Å². The number of hydrogen-bond acceptors (Lipinski definition) is 5. The average Bonchev–Trinajstić information content (AvgIpc) is 2.45. The molecule has 2 N–H and O–H groups in total. The van der Waals surface area contributed by atoms with Gasteiger partial charge in [0.25, 0.3) is 5.91 Å². The Hall–Kier alpha value is -2.24. The van der Waals surface area contributed by atoms with Crippen LogP contribution in [0.25, 0.3) is 0 Å². The van der Waals surface area contributed by atoms with Crippen molar-refractivity contribution in [2.24, 2.45) is 0 Å². The molecule has 0 aromatic heterocycles. The lowest BCUT2D eigenvalue weighted by Gasteiger charge is -2.29. The van der Waals surface area contributed by atoms with E-state index in [-0.39, 0.29) is 18.5 Å². The number of nitrogen functional groups attached to an aromatic ring is 1. The Bertz CT molecular complexity index is 530. The van der Waals surface area contributed by atoms with Gasteiger partial charge in [-0.1, -0.05) is 0 Å². The van der Waals surface area contributed by atoms with Gasteiger partial charge in [0.05, 0.1) is 12.3 Å². The average molecular weight is 292 g/mol. The summed E-state index contributed by atoms with van der Waals surface area (Å²) in [5.74, 6) is 0.349. The van der Waals surface area contributed by atoms with E-state index in [4.69, 9.17) is 15.2 Å². The molecule has 0 aliphatic carbocycles. The Labute approximate surface area is 123 Å². The molecular weight excluding hydrogens is 272 g/mol. The number of amides is 1. The highest BCUT2D eigenvalue weighted by Gasteiger charge is 2.25. The lowest BCUT2D eigenvalue weighted by atomic mass is 10.1. The highest BCUT2D eigenvalue weighted by Crippen LogP contribution is 2.33. The summed E-state index contributed by atoms with van der Waals surface area (Å²) in [6.07, 6.45) is 1.79. The molecule has 0 fully saturated rings. The van der Waals surface area contributed by atoms with Crippen LogP contribution in [0.5, 0.6) is 5.75 Å². The predicted molar refractivity (Wildman–Crippen MR) is 79.2 cm³/mol. The first kappa shape index (κ1) is 15.2. The third kappa shape index (κ3) is 3.87. The zero-order chi connectivity index (χ0) is 15.2. The molecule has 6 nitrogen and oxygen atoms in total. The molecule has 0 atom stereocenters. The molecule has 0 saturated heterocycles. The smallest absolute Gasteiger partial charge is 0.305 e. The molecule has 0 unspecified atom stereocenters. The summed E-state index contributed by atoms with van der Waals surface area (Å²) in [5, 5.41) is 0. The zero-order valence-electron chi connectivity index (χ0n) is 12.1. The van der Waals surface area contributed by atoms with Crippen LogP contribution >= 0.6 is 0 Å². The minimum absolute atomic E-state index is 0.0222. The summed E-state index contributed by atoms with van der Waals surface area (Å²) in [5.41, 5.74) is 7.05. The van der Waals surface area contributed by atoms with Gasteiger partial charge in [0, 0.05) is 24.7 Å². The van der Waals surface area contributed by atoms with Gasteiger partial charge in [0.1, 0.15) is 5.75 Å². The van der Waals surface area contributed by atoms with Crippen LogP contribution in [0.4, 0.5) is 11.4 Å². The maximum Gasteiger partial charge on any atom is 0.305 e. The predicted octanol–water partition coefficient (Wildman–Crippen LogP) is 1.73. The van der Waals surface area contributed by atoms with Crippen LogP contribution in [-0.2, 0) is 14.3 Å². The number of nitrogens with two attached hydrogens (primary N) is 1. The highest BCUT2D eigenvalue weighted by atomic mass is 16.5. The summed E-state index contributed by atoms with van der Waals surface area (Å²) in [6.45, 7) is 2.76. The summed E-state index contributed by atoms with van der Waals surface area (Å²) in [7, 11) is 0. The van der Waals surface area contributed by atoms with Crippen molar-refractivity contribution in [3.63, 3.8) is 0 Å². The molecule has 0 bridgehead atoms. The zero-order valence-corrected chi connectivity index (χ0v) is 12.1. The van der Waals surface area contributed by atoms with Gasteiger partial charge in [-0.15, -0.1) is 0 Å². The van der Waals surface area contributed by atoms with E-state index in [2.05, 4.69) is 0 Å². The monoisotopic (exact) mass is 292 g/mol. The van der Waals surface area contributed by atoms with Crippen LogP contribution in [0.3, 0.4) is 0 Å². The van der Waals surface area contributed by atoms with Crippen molar-refractivity contribution in [3.05, 3.63) is 18.2 Å². The second-order valence-electron chi connectivity index (χ2n) is 4.82. The number of ether oxygens (including phenoxy) is 2. The van der Waals surface area contributed by atoms with E-state index in [0.717, 1.165) is 12.1 Å². The number of rotatable bonds is 6. The van der Waals surface area contributed by atoms with Crippen molar-refractivity contribution < 1.29 is 19.1 Å². The van der Waals surface area contributed by atoms with E-state index in [9.17, 15) is 9.59 Å². The van der Waals surface area contributed by atoms with Gasteiger partial charge in [0.15, 0.2) is 6.61 Å². The van der Waals surface area contributed by atoms with Crippen molar-refractivity contribution in [2.75, 3.05) is 30.4 Å². The first-order chi connectivity index (χ1) is 10.1. The normalized spacial score (nSPS) is 13.6. The number of benzene rings is 1. The van der Waals surface area contributed by atoms with Crippen LogP contribution < -0.4 is 15.4 Å². The number of carbonyl (C=O) groups excluding carboxylic acids is 2. The fraction of sp³-hybridized carbons (Fsp3) is 0.467. The lowest BCUT2D eigenvalue weighted by molar-refractivity contribution is -0.143. The molecule has 2 rings (SSSR count). The molecule has 0 spiro atoms. The molecule has 1 aliphatic heterocycles. The van der Waals surface area contributed by atoms with Gasteiger partial charge in [-0.05, 0) is 31.9 Å². The van der Waals surface area contributed by atoms with E-state index in [1.54, 1.807) is 30.0 Å². The molecular formula is C15H20N2O4. The molecule has 1 aromatic carbocycles. The molecule has 6 heteroatoms. The molecule has 1 aliphatic rings. The molecule has 1 heterocycles. The van der Waals surface area contributed by atoms with Crippen LogP contribution in [0.15, 0.2) is 18.2 Å². The Morgan fingerprint density at radius 2 is 2.24 bits per heavy atom. The van der Waals surface area contributed by atoms with Crippen molar-refractivity contribution >= 4 is 23.3 Å². The van der Waals surface area contributed by atoms with Crippen LogP contribution in [0.1, 0.15) is 26.2 Å². The third-order valence-corrected chi connectivity index (χ3v) is 3.24. The molecule has 21 heavy (non-hydrogen) atoms. The standard InChI is InChI=1S/C15H20N2O4/c1-2-20-15(19)5-3-4-8-17-12-7-6-11(16)9-13(12)21-10-14(17)18/h6-7,9H,2-5,8,10,16H2,1H3. The van der Waals surface area contributed by atoms with Crippen LogP contribution in [0.2, 0.25) is 0 Å². The first-order valence-corrected chi connectivity index (χ1v) is 7.10. The summed E-state index contributed by atoms with van der Waals surface area (Å²) < 4.78 is 10.2. The van der Waals surface area contributed by atoms with Crippen LogP contribution in [-0.4, -0.2) is 31.6 Å². The minimum Gasteiger partial charge on any atom is -0.481 e. The Balaban J connectivity index is 1.91. The summed E-state index contributed by atoms with van der Waals surface area (Å²) >= 11 is 0. The SMILES string of the molecule is CCOC(=O)CCCCN1C(=O)COc2cc(N)ccc21. The van der Waals surface area contributed by atoms with Crippen molar-refractivity contribution in [2.45, 2.75) is 26.2 Å². The second kappa shape index (κ2) is 6.97. The van der Waals surface area contributed by atoms with Gasteiger partial charge in [-0.25, -0.2) is 0 Å². The number of unbranched alkanes of at least 4 members (excludes halogenated alkanes) is 1. The molecule has 1 aromatic rings. The van der Waals surface area contributed by atoms with E-state index in [1.165, 1.54) is 0 Å². The number of carbonyl (C=O) groups is 2. The third-order valence-electron chi connectivity index (χ3n) is 3.24. The first-order valence-electron chi connectivity index (χ1n) is 7.10. The molecule has 1 amide bonds. The summed E-state index contributed by atoms with van der Waals surface area (Å²) in [6, 6.07) is 5.24. The largest absolute Gasteiger partial charge is 0.481 e. The number of hydrogen-bond donors (Lipinski definition) is 1. The van der Waals surface area contributed by atoms with Gasteiger partial charge in [-0.3, -0.25) is 9.59 Å². The van der Waals surface area contributed by atoms with Crippen LogP contribution in [0, 0.1) is 0 Å². The number of anilines is 2. The van der Waals surface area contributed by atoms with E-state index in [0.29, 0.717) is 37.4 Å². The van der Waals surface area contributed by atoms with Crippen molar-refractivity contribution in [1.82, 2.24) is 0 Å². The minimum atomic E-state index is -0.195. The topological polar surface area (TPSA) is 81.9 Å². The van der Waals surface area contributed by atoms with Gasteiger partial charge in [0.2, 0.25) is 0 Å². The highest BCUT2D eigenvalue weighted by molar-refractivity contribution is 5.98. The molecule has 114 valence electrons. The van der Waals surface area contributed by atoms with E-state index >= 15 is 0 Å². The van der Waals surface area contributed by atoms with Gasteiger partial charge in [-0.2, -0.15) is 0 Å². The van der Waals surface area contributed by atoms with Crippen molar-refractivity contribution in [1.29, 1.82) is 0 Å². The van der Waals surface area contributed by atoms with Gasteiger partial charge < -0.3 is 20.1 Å². The maximum absolute atomic E-state index is 12.0. The Kier molecular flexibility index (Phi) is 5.03. The Morgan fingerprint density at radius 1 is 1.43 bits per heavy atom. The maximum atomic E-state index is 12.0. The molecule has 0 saturated carbocycles. The number of nitrogens with zero attached hydrogens (tertiary/aromatic N) is 1. The lowest BCUT2D eigenvalue weighted by Crippen LogP contribution is -2.39. The molecule has 0 radical (unpaired) electrons. The number of fused-ring (bicyclic) bond motifs is 1. The Morgan fingerprint density at radius 3 is 3.00 bits per heavy atom. The van der Waals surface area contributed by atoms with Crippen molar-refractivity contribution in [3.8, 4) is 5.75 Å². The quantitative estimate of drug-likeness (QED) is 0.490. The van der Waals surface area contributed by atoms with E-state index in [1.807, 2.05) is 0 Å². The fourth-order valence-electron chi connectivity index (χ4n) is 2.24. The summed E-state index contributed by atoms with van der Waals surface area (Å²) in [4.78, 5) is 24.9.